The standard InChI is InChI=1S/C16H20BrN3/c1-13-12-14-4-2-3-5-15(14)18-16(13)20-10-8-19(7-6-17)9-11-20/h2-5,12H,6-11H2,1H3. The lowest BCUT2D eigenvalue weighted by atomic mass is 10.1. The molecule has 4 heteroatoms. The molecule has 0 saturated carbocycles. The number of para-hydroxylation sites is 1. The number of aryl methyl sites for hydroxylation is 1. The first kappa shape index (κ1) is 13.8. The fourth-order valence-electron chi connectivity index (χ4n) is 2.83. The Hall–Kier alpha value is -1.13. The van der Waals surface area contributed by atoms with Crippen LogP contribution < -0.4 is 4.90 Å². The summed E-state index contributed by atoms with van der Waals surface area (Å²) in [5.74, 6) is 1.15. The van der Waals surface area contributed by atoms with Crippen molar-refractivity contribution in [2.24, 2.45) is 0 Å². The van der Waals surface area contributed by atoms with Gasteiger partial charge in [0, 0.05) is 43.4 Å². The number of hydrogen-bond donors (Lipinski definition) is 0. The summed E-state index contributed by atoms with van der Waals surface area (Å²) in [6.07, 6.45) is 0. The van der Waals surface area contributed by atoms with Crippen LogP contribution in [0.25, 0.3) is 10.9 Å². The Bertz CT molecular complexity index is 591. The predicted molar refractivity (Wildman–Crippen MR) is 88.9 cm³/mol. The second-order valence-electron chi connectivity index (χ2n) is 5.34. The molecule has 1 aromatic heterocycles. The fourth-order valence-corrected chi connectivity index (χ4v) is 3.34. The van der Waals surface area contributed by atoms with E-state index in [1.165, 1.54) is 10.9 Å². The van der Waals surface area contributed by atoms with E-state index in [0.29, 0.717) is 0 Å². The van der Waals surface area contributed by atoms with Crippen molar-refractivity contribution in [2.45, 2.75) is 6.92 Å². The Balaban J connectivity index is 1.82. The number of piperazine rings is 1. The molecule has 1 aromatic carbocycles. The first-order valence-electron chi connectivity index (χ1n) is 7.17. The van der Waals surface area contributed by atoms with Gasteiger partial charge in [0.05, 0.1) is 5.52 Å². The predicted octanol–water partition coefficient (Wildman–Crippen LogP) is 3.06. The first-order chi connectivity index (χ1) is 9.78. The van der Waals surface area contributed by atoms with Gasteiger partial charge in [-0.15, -0.1) is 0 Å². The molecule has 2 aromatic rings. The van der Waals surface area contributed by atoms with Crippen molar-refractivity contribution >= 4 is 32.7 Å². The van der Waals surface area contributed by atoms with Crippen molar-refractivity contribution in [1.29, 1.82) is 0 Å². The Labute approximate surface area is 128 Å². The average molecular weight is 334 g/mol. The quantitative estimate of drug-likeness (QED) is 0.805. The highest BCUT2D eigenvalue weighted by molar-refractivity contribution is 9.09. The molecule has 1 aliphatic rings. The van der Waals surface area contributed by atoms with Crippen LogP contribution in [-0.4, -0.2) is 47.9 Å². The first-order valence-corrected chi connectivity index (χ1v) is 8.30. The summed E-state index contributed by atoms with van der Waals surface area (Å²) < 4.78 is 0. The summed E-state index contributed by atoms with van der Waals surface area (Å²) in [7, 11) is 0. The number of anilines is 1. The van der Waals surface area contributed by atoms with Crippen LogP contribution in [0.3, 0.4) is 0 Å². The molecular formula is C16H20BrN3. The van der Waals surface area contributed by atoms with Gasteiger partial charge in [0.15, 0.2) is 0 Å². The van der Waals surface area contributed by atoms with E-state index < -0.39 is 0 Å². The summed E-state index contributed by atoms with van der Waals surface area (Å²) in [4.78, 5) is 9.79. The third-order valence-corrected chi connectivity index (χ3v) is 4.32. The van der Waals surface area contributed by atoms with Gasteiger partial charge in [-0.2, -0.15) is 0 Å². The molecule has 0 unspecified atom stereocenters. The molecular weight excluding hydrogens is 314 g/mol. The molecule has 0 atom stereocenters. The van der Waals surface area contributed by atoms with Crippen LogP contribution in [0.15, 0.2) is 30.3 Å². The molecule has 3 nitrogen and oxygen atoms in total. The number of pyridine rings is 1. The Morgan fingerprint density at radius 3 is 2.65 bits per heavy atom. The second kappa shape index (κ2) is 6.10. The maximum Gasteiger partial charge on any atom is 0.132 e. The van der Waals surface area contributed by atoms with E-state index in [0.717, 1.165) is 49.4 Å². The molecule has 3 rings (SSSR count). The lowest BCUT2D eigenvalue weighted by Gasteiger charge is -2.35. The summed E-state index contributed by atoms with van der Waals surface area (Å²) >= 11 is 3.52. The van der Waals surface area contributed by atoms with Crippen LogP contribution in [0.5, 0.6) is 0 Å². The number of hydrogen-bond acceptors (Lipinski definition) is 3. The molecule has 0 spiro atoms. The van der Waals surface area contributed by atoms with Crippen molar-refractivity contribution in [2.75, 3.05) is 43.0 Å². The van der Waals surface area contributed by atoms with Gasteiger partial charge < -0.3 is 4.90 Å². The largest absolute Gasteiger partial charge is 0.354 e. The van der Waals surface area contributed by atoms with Gasteiger partial charge in [0.1, 0.15) is 5.82 Å². The summed E-state index contributed by atoms with van der Waals surface area (Å²) in [6.45, 7) is 7.69. The van der Waals surface area contributed by atoms with E-state index in [9.17, 15) is 0 Å². The Kier molecular flexibility index (Phi) is 4.22. The number of nitrogens with zero attached hydrogens (tertiary/aromatic N) is 3. The number of halogens is 1. The monoisotopic (exact) mass is 333 g/mol. The van der Waals surface area contributed by atoms with Crippen molar-refractivity contribution in [1.82, 2.24) is 9.88 Å². The van der Waals surface area contributed by atoms with Crippen LogP contribution >= 0.6 is 15.9 Å². The normalized spacial score (nSPS) is 16.8. The van der Waals surface area contributed by atoms with Gasteiger partial charge in [-0.1, -0.05) is 34.1 Å². The fraction of sp³-hybridized carbons (Fsp3) is 0.438. The van der Waals surface area contributed by atoms with Crippen LogP contribution in [-0.2, 0) is 0 Å². The van der Waals surface area contributed by atoms with Crippen LogP contribution in [0, 0.1) is 6.92 Å². The Morgan fingerprint density at radius 1 is 1.15 bits per heavy atom. The average Bonchev–Trinajstić information content (AvgIpc) is 2.48. The number of aromatic nitrogens is 1. The van der Waals surface area contributed by atoms with Gasteiger partial charge in [-0.25, -0.2) is 4.98 Å². The maximum absolute atomic E-state index is 4.87. The van der Waals surface area contributed by atoms with Crippen molar-refractivity contribution < 1.29 is 0 Å². The third-order valence-electron chi connectivity index (χ3n) is 3.96. The zero-order valence-corrected chi connectivity index (χ0v) is 13.4. The molecule has 1 saturated heterocycles. The van der Waals surface area contributed by atoms with Crippen LogP contribution in [0.4, 0.5) is 5.82 Å². The minimum atomic E-state index is 1.06. The van der Waals surface area contributed by atoms with Gasteiger partial charge in [0.25, 0.3) is 0 Å². The second-order valence-corrected chi connectivity index (χ2v) is 6.13. The Morgan fingerprint density at radius 2 is 1.90 bits per heavy atom. The van der Waals surface area contributed by atoms with E-state index in [-0.39, 0.29) is 0 Å². The van der Waals surface area contributed by atoms with Gasteiger partial charge in [0.2, 0.25) is 0 Å². The molecule has 1 fully saturated rings. The zero-order chi connectivity index (χ0) is 13.9. The number of fused-ring (bicyclic) bond motifs is 1. The van der Waals surface area contributed by atoms with Gasteiger partial charge >= 0.3 is 0 Å². The molecule has 0 aliphatic carbocycles. The van der Waals surface area contributed by atoms with E-state index in [2.05, 4.69) is 63.0 Å². The molecule has 0 radical (unpaired) electrons. The number of rotatable bonds is 3. The molecule has 0 amide bonds. The van der Waals surface area contributed by atoms with Crippen LogP contribution in [0.2, 0.25) is 0 Å². The lowest BCUT2D eigenvalue weighted by Crippen LogP contribution is -2.47. The van der Waals surface area contributed by atoms with Crippen LogP contribution in [0.1, 0.15) is 5.56 Å². The van der Waals surface area contributed by atoms with E-state index in [1.54, 1.807) is 0 Å². The molecule has 20 heavy (non-hydrogen) atoms. The number of alkyl halides is 1. The van der Waals surface area contributed by atoms with E-state index >= 15 is 0 Å². The zero-order valence-electron chi connectivity index (χ0n) is 11.8. The van der Waals surface area contributed by atoms with E-state index in [4.69, 9.17) is 4.98 Å². The minimum Gasteiger partial charge on any atom is -0.354 e. The van der Waals surface area contributed by atoms with Crippen molar-refractivity contribution in [3.8, 4) is 0 Å². The van der Waals surface area contributed by atoms with Crippen molar-refractivity contribution in [3.63, 3.8) is 0 Å². The highest BCUT2D eigenvalue weighted by Gasteiger charge is 2.19. The minimum absolute atomic E-state index is 1.06. The summed E-state index contributed by atoms with van der Waals surface area (Å²) in [5, 5.41) is 2.28. The maximum atomic E-state index is 4.87. The smallest absolute Gasteiger partial charge is 0.132 e. The molecule has 106 valence electrons. The lowest BCUT2D eigenvalue weighted by molar-refractivity contribution is 0.273. The molecule has 0 N–H and O–H groups in total. The van der Waals surface area contributed by atoms with Gasteiger partial charge in [-0.05, 0) is 24.6 Å². The highest BCUT2D eigenvalue weighted by Crippen LogP contribution is 2.23. The SMILES string of the molecule is Cc1cc2ccccc2nc1N1CCN(CCBr)CC1. The topological polar surface area (TPSA) is 19.4 Å². The molecule has 2 heterocycles. The van der Waals surface area contributed by atoms with Gasteiger partial charge in [-0.3, -0.25) is 4.90 Å². The van der Waals surface area contributed by atoms with E-state index in [1.807, 2.05) is 0 Å². The summed E-state index contributed by atoms with van der Waals surface area (Å²) in [5.41, 5.74) is 2.37. The highest BCUT2D eigenvalue weighted by atomic mass is 79.9. The summed E-state index contributed by atoms with van der Waals surface area (Å²) in [6, 6.07) is 10.6. The molecule has 1 aliphatic heterocycles. The number of benzene rings is 1. The third kappa shape index (κ3) is 2.81. The van der Waals surface area contributed by atoms with Crippen molar-refractivity contribution in [3.05, 3.63) is 35.9 Å². The molecule has 0 bridgehead atoms.